The number of nitro groups is 1. The Balaban J connectivity index is 0.00000200. The highest BCUT2D eigenvalue weighted by Gasteiger charge is 2.26. The number of nitrogens with one attached hydrogen (secondary N) is 1. The van der Waals surface area contributed by atoms with E-state index in [2.05, 4.69) is 5.32 Å². The van der Waals surface area contributed by atoms with E-state index in [1.54, 1.807) is 4.90 Å². The molecule has 1 N–H and O–H groups in total. The van der Waals surface area contributed by atoms with E-state index in [1.165, 1.54) is 6.07 Å². The van der Waals surface area contributed by atoms with Crippen LogP contribution in [0, 0.1) is 15.9 Å². The van der Waals surface area contributed by atoms with E-state index >= 15 is 0 Å². The summed E-state index contributed by atoms with van der Waals surface area (Å²) >= 11 is 0. The number of hydrogen-bond donors (Lipinski definition) is 1. The van der Waals surface area contributed by atoms with Gasteiger partial charge < -0.3 is 10.2 Å². The van der Waals surface area contributed by atoms with Crippen LogP contribution in [0.3, 0.4) is 0 Å². The van der Waals surface area contributed by atoms with Crippen molar-refractivity contribution < 1.29 is 14.1 Å². The number of amides is 1. The van der Waals surface area contributed by atoms with Crippen molar-refractivity contribution in [1.29, 1.82) is 0 Å². The minimum absolute atomic E-state index is 0. The molecule has 0 aliphatic carbocycles. The normalized spacial score (nSPS) is 18.3. The van der Waals surface area contributed by atoms with Crippen molar-refractivity contribution in [3.05, 3.63) is 39.7 Å². The van der Waals surface area contributed by atoms with Crippen LogP contribution in [0.5, 0.6) is 0 Å². The van der Waals surface area contributed by atoms with E-state index in [9.17, 15) is 19.3 Å². The van der Waals surface area contributed by atoms with Crippen molar-refractivity contribution in [3.63, 3.8) is 0 Å². The van der Waals surface area contributed by atoms with Gasteiger partial charge in [-0.05, 0) is 13.0 Å². The Kier molecular flexibility index (Phi) is 5.41. The minimum atomic E-state index is -0.857. The molecule has 1 aromatic carbocycles. The Morgan fingerprint density at radius 1 is 1.55 bits per heavy atom. The fraction of sp³-hybridized carbons (Fsp3) is 0.417. The maximum Gasteiger partial charge on any atom is 0.272 e. The van der Waals surface area contributed by atoms with Gasteiger partial charge in [-0.1, -0.05) is 0 Å². The smallest absolute Gasteiger partial charge is 0.272 e. The van der Waals surface area contributed by atoms with Crippen molar-refractivity contribution in [2.75, 3.05) is 19.6 Å². The number of rotatable bonds is 2. The fourth-order valence-electron chi connectivity index (χ4n) is 2.09. The Morgan fingerprint density at radius 2 is 2.25 bits per heavy atom. The summed E-state index contributed by atoms with van der Waals surface area (Å²) in [5, 5.41) is 13.7. The fourth-order valence-corrected chi connectivity index (χ4v) is 2.09. The zero-order valence-corrected chi connectivity index (χ0v) is 11.7. The van der Waals surface area contributed by atoms with E-state index in [4.69, 9.17) is 0 Å². The number of benzene rings is 1. The molecule has 1 amide bonds. The van der Waals surface area contributed by atoms with Crippen LogP contribution in [0.15, 0.2) is 18.2 Å². The lowest BCUT2D eigenvalue weighted by Gasteiger charge is -2.34. The van der Waals surface area contributed by atoms with Gasteiger partial charge in [0.2, 0.25) is 0 Å². The Hall–Kier alpha value is -1.73. The lowest BCUT2D eigenvalue weighted by atomic mass is 10.1. The molecule has 0 radical (unpaired) electrons. The van der Waals surface area contributed by atoms with Gasteiger partial charge in [-0.2, -0.15) is 0 Å². The van der Waals surface area contributed by atoms with Crippen LogP contribution in [0.2, 0.25) is 0 Å². The second kappa shape index (κ2) is 6.62. The average molecular weight is 304 g/mol. The molecule has 6 nitrogen and oxygen atoms in total. The zero-order valence-electron chi connectivity index (χ0n) is 10.8. The van der Waals surface area contributed by atoms with Crippen LogP contribution in [-0.4, -0.2) is 41.4 Å². The number of halogens is 2. The summed E-state index contributed by atoms with van der Waals surface area (Å²) in [5.74, 6) is -1.29. The van der Waals surface area contributed by atoms with Crippen molar-refractivity contribution in [1.82, 2.24) is 10.2 Å². The van der Waals surface area contributed by atoms with Crippen LogP contribution in [0.4, 0.5) is 10.1 Å². The number of hydrogen-bond acceptors (Lipinski definition) is 4. The van der Waals surface area contributed by atoms with Gasteiger partial charge in [0, 0.05) is 31.7 Å². The third kappa shape index (κ3) is 3.23. The molecule has 1 saturated heterocycles. The number of piperazine rings is 1. The first-order chi connectivity index (χ1) is 9.00. The molecule has 0 saturated carbocycles. The molecule has 20 heavy (non-hydrogen) atoms. The predicted molar refractivity (Wildman–Crippen MR) is 73.7 cm³/mol. The monoisotopic (exact) mass is 303 g/mol. The van der Waals surface area contributed by atoms with E-state index in [0.29, 0.717) is 19.6 Å². The molecule has 1 atom stereocenters. The van der Waals surface area contributed by atoms with Crippen LogP contribution >= 0.6 is 12.4 Å². The van der Waals surface area contributed by atoms with Crippen molar-refractivity contribution in [3.8, 4) is 0 Å². The molecule has 0 spiro atoms. The highest BCUT2D eigenvalue weighted by Crippen LogP contribution is 2.19. The van der Waals surface area contributed by atoms with Crippen molar-refractivity contribution >= 4 is 24.0 Å². The van der Waals surface area contributed by atoms with Gasteiger partial charge in [-0.25, -0.2) is 4.39 Å². The third-order valence-corrected chi connectivity index (χ3v) is 3.16. The van der Waals surface area contributed by atoms with Crippen molar-refractivity contribution in [2.45, 2.75) is 13.0 Å². The highest BCUT2D eigenvalue weighted by atomic mass is 35.5. The Labute approximate surface area is 121 Å². The lowest BCUT2D eigenvalue weighted by molar-refractivity contribution is -0.385. The van der Waals surface area contributed by atoms with Crippen LogP contribution in [-0.2, 0) is 0 Å². The van der Waals surface area contributed by atoms with Gasteiger partial charge >= 0.3 is 0 Å². The first-order valence-electron chi connectivity index (χ1n) is 5.96. The molecule has 0 bridgehead atoms. The van der Waals surface area contributed by atoms with Gasteiger partial charge in [-0.15, -0.1) is 12.4 Å². The molecule has 1 heterocycles. The van der Waals surface area contributed by atoms with Crippen LogP contribution in [0.25, 0.3) is 0 Å². The number of nitro benzene ring substituents is 1. The largest absolute Gasteiger partial charge is 0.333 e. The summed E-state index contributed by atoms with van der Waals surface area (Å²) in [5.41, 5.74) is -0.484. The van der Waals surface area contributed by atoms with Gasteiger partial charge in [0.15, 0.2) is 0 Å². The summed E-state index contributed by atoms with van der Waals surface area (Å²) in [6.45, 7) is 3.68. The molecule has 1 fully saturated rings. The molecule has 1 aromatic rings. The van der Waals surface area contributed by atoms with E-state index < -0.39 is 16.6 Å². The van der Waals surface area contributed by atoms with E-state index in [1.807, 2.05) is 6.92 Å². The molecule has 0 aromatic heterocycles. The van der Waals surface area contributed by atoms with Gasteiger partial charge in [0.1, 0.15) is 5.82 Å². The number of nitrogens with zero attached hydrogens (tertiary/aromatic N) is 2. The lowest BCUT2D eigenvalue weighted by Crippen LogP contribution is -2.52. The van der Waals surface area contributed by atoms with E-state index in [-0.39, 0.29) is 29.7 Å². The first kappa shape index (κ1) is 16.3. The minimum Gasteiger partial charge on any atom is -0.333 e. The van der Waals surface area contributed by atoms with Crippen LogP contribution in [0.1, 0.15) is 17.3 Å². The second-order valence-corrected chi connectivity index (χ2v) is 4.47. The summed E-state index contributed by atoms with van der Waals surface area (Å²) in [7, 11) is 0. The summed E-state index contributed by atoms with van der Waals surface area (Å²) < 4.78 is 13.8. The first-order valence-corrected chi connectivity index (χ1v) is 5.96. The predicted octanol–water partition coefficient (Wildman–Crippen LogP) is 1.59. The quantitative estimate of drug-likeness (QED) is 0.665. The third-order valence-electron chi connectivity index (χ3n) is 3.16. The standard InChI is InChI=1S/C12H14FN3O3.ClH/c1-8-7-14-4-5-15(8)12(17)10-3-2-9(16(18)19)6-11(10)13;/h2-3,6,8,14H,4-5,7H2,1H3;1H/t8-;/m0./s1. The summed E-state index contributed by atoms with van der Waals surface area (Å²) in [6, 6.07) is 3.06. The molecule has 110 valence electrons. The van der Waals surface area contributed by atoms with Gasteiger partial charge in [0.05, 0.1) is 16.6 Å². The highest BCUT2D eigenvalue weighted by molar-refractivity contribution is 5.95. The SMILES string of the molecule is C[C@H]1CNCCN1C(=O)c1ccc([N+](=O)[O-])cc1F.Cl. The molecule has 8 heteroatoms. The topological polar surface area (TPSA) is 75.5 Å². The molecule has 1 aliphatic heterocycles. The van der Waals surface area contributed by atoms with E-state index in [0.717, 1.165) is 12.1 Å². The van der Waals surface area contributed by atoms with Crippen LogP contribution < -0.4 is 5.32 Å². The summed E-state index contributed by atoms with van der Waals surface area (Å²) in [4.78, 5) is 23.6. The molecule has 2 rings (SSSR count). The summed E-state index contributed by atoms with van der Waals surface area (Å²) in [6.07, 6.45) is 0. The second-order valence-electron chi connectivity index (χ2n) is 4.47. The number of non-ortho nitro benzene ring substituents is 1. The molecule has 1 aliphatic rings. The Morgan fingerprint density at radius 3 is 2.80 bits per heavy atom. The number of carbonyl (C=O) groups is 1. The Bertz CT molecular complexity index is 527. The average Bonchev–Trinajstić information content (AvgIpc) is 2.38. The zero-order chi connectivity index (χ0) is 14.0. The number of carbonyl (C=O) groups excluding carboxylic acids is 1. The molecular weight excluding hydrogens is 289 g/mol. The maximum absolute atomic E-state index is 13.8. The maximum atomic E-state index is 13.8. The van der Waals surface area contributed by atoms with Gasteiger partial charge in [0.25, 0.3) is 11.6 Å². The van der Waals surface area contributed by atoms with Gasteiger partial charge in [-0.3, -0.25) is 14.9 Å². The van der Waals surface area contributed by atoms with Crippen molar-refractivity contribution in [2.24, 2.45) is 0 Å². The molecule has 0 unspecified atom stereocenters. The molecular formula is C12H15ClFN3O3.